The second-order valence-electron chi connectivity index (χ2n) is 9.25. The first kappa shape index (κ1) is 21.9. The number of nitrogens with zero attached hydrogens (tertiary/aromatic N) is 3. The Kier molecular flexibility index (Phi) is 5.91. The van der Waals surface area contributed by atoms with Gasteiger partial charge in [0.1, 0.15) is 11.4 Å². The molecule has 0 saturated carbocycles. The van der Waals surface area contributed by atoms with Crippen molar-refractivity contribution >= 4 is 23.0 Å². The van der Waals surface area contributed by atoms with Crippen LogP contribution in [-0.2, 0) is 4.74 Å². The van der Waals surface area contributed by atoms with Crippen LogP contribution >= 0.6 is 0 Å². The maximum Gasteiger partial charge on any atom is 0.410 e. The molecule has 2 amide bonds. The highest BCUT2D eigenvalue weighted by Gasteiger charge is 2.27. The van der Waals surface area contributed by atoms with Gasteiger partial charge in [-0.15, -0.1) is 0 Å². The minimum atomic E-state index is -0.507. The van der Waals surface area contributed by atoms with Crippen molar-refractivity contribution in [2.45, 2.75) is 52.2 Å². The molecule has 1 aliphatic rings. The molecule has 2 aromatic carbocycles. The summed E-state index contributed by atoms with van der Waals surface area (Å²) in [7, 11) is 0. The minimum absolute atomic E-state index is 0.0282. The molecule has 1 saturated heterocycles. The molecule has 4 rings (SSSR count). The number of amides is 2. The van der Waals surface area contributed by atoms with E-state index in [-0.39, 0.29) is 18.0 Å². The molecule has 32 heavy (non-hydrogen) atoms. The Morgan fingerprint density at radius 2 is 1.75 bits per heavy atom. The molecular formula is C25H30N4O3. The number of aromatic nitrogens is 2. The van der Waals surface area contributed by atoms with E-state index < -0.39 is 5.60 Å². The molecule has 2 heterocycles. The van der Waals surface area contributed by atoms with Gasteiger partial charge in [-0.2, -0.15) is 0 Å². The van der Waals surface area contributed by atoms with Crippen LogP contribution in [0.1, 0.15) is 49.8 Å². The highest BCUT2D eigenvalue weighted by Crippen LogP contribution is 2.23. The summed E-state index contributed by atoms with van der Waals surface area (Å²) in [4.78, 5) is 31.5. The number of hydrogen-bond donors (Lipinski definition) is 1. The van der Waals surface area contributed by atoms with Crippen LogP contribution in [0.2, 0.25) is 0 Å². The van der Waals surface area contributed by atoms with Gasteiger partial charge >= 0.3 is 6.09 Å². The van der Waals surface area contributed by atoms with Crippen molar-refractivity contribution in [3.05, 3.63) is 59.9 Å². The number of imidazole rings is 1. The molecule has 1 aliphatic heterocycles. The number of benzene rings is 2. The lowest BCUT2D eigenvalue weighted by Gasteiger charge is -2.33. The van der Waals surface area contributed by atoms with Crippen molar-refractivity contribution < 1.29 is 14.3 Å². The van der Waals surface area contributed by atoms with Crippen molar-refractivity contribution in [2.24, 2.45) is 0 Å². The lowest BCUT2D eigenvalue weighted by Crippen LogP contribution is -2.47. The zero-order valence-corrected chi connectivity index (χ0v) is 19.1. The van der Waals surface area contributed by atoms with Gasteiger partial charge < -0.3 is 15.0 Å². The molecule has 0 spiro atoms. The number of ether oxygens (including phenoxy) is 1. The zero-order valence-electron chi connectivity index (χ0n) is 19.1. The summed E-state index contributed by atoms with van der Waals surface area (Å²) in [6, 6.07) is 15.7. The first-order valence-corrected chi connectivity index (χ1v) is 11.0. The molecule has 0 atom stereocenters. The second-order valence-corrected chi connectivity index (χ2v) is 9.25. The summed E-state index contributed by atoms with van der Waals surface area (Å²) >= 11 is 0. The van der Waals surface area contributed by atoms with Gasteiger partial charge in [0, 0.05) is 30.4 Å². The fourth-order valence-corrected chi connectivity index (χ4v) is 4.05. The summed E-state index contributed by atoms with van der Waals surface area (Å²) in [5.41, 5.74) is 2.88. The third-order valence-corrected chi connectivity index (χ3v) is 5.58. The van der Waals surface area contributed by atoms with Gasteiger partial charge in [0.15, 0.2) is 0 Å². The Morgan fingerprint density at radius 3 is 2.41 bits per heavy atom. The van der Waals surface area contributed by atoms with E-state index in [1.54, 1.807) is 4.90 Å². The Morgan fingerprint density at radius 1 is 1.06 bits per heavy atom. The summed E-state index contributed by atoms with van der Waals surface area (Å²) in [6.07, 6.45) is 1.11. The number of carbonyl (C=O) groups excluding carboxylic acids is 2. The molecule has 7 heteroatoms. The minimum Gasteiger partial charge on any atom is -0.444 e. The average molecular weight is 435 g/mol. The van der Waals surface area contributed by atoms with Crippen molar-refractivity contribution in [1.29, 1.82) is 0 Å². The number of hydrogen-bond acceptors (Lipinski definition) is 4. The van der Waals surface area contributed by atoms with Crippen molar-refractivity contribution in [3.63, 3.8) is 0 Å². The molecule has 0 aliphatic carbocycles. The number of aryl methyl sites for hydroxylation is 1. The van der Waals surface area contributed by atoms with E-state index in [0.717, 1.165) is 22.5 Å². The van der Waals surface area contributed by atoms with Crippen LogP contribution in [0.4, 0.5) is 4.79 Å². The molecule has 1 fully saturated rings. The Balaban J connectivity index is 1.41. The van der Waals surface area contributed by atoms with Crippen molar-refractivity contribution in [3.8, 4) is 5.69 Å². The predicted octanol–water partition coefficient (Wildman–Crippen LogP) is 4.46. The Labute approximate surface area is 188 Å². The van der Waals surface area contributed by atoms with Gasteiger partial charge in [0.25, 0.3) is 5.91 Å². The van der Waals surface area contributed by atoms with E-state index in [4.69, 9.17) is 4.74 Å². The molecule has 168 valence electrons. The molecule has 3 aromatic rings. The number of fused-ring (bicyclic) bond motifs is 1. The lowest BCUT2D eigenvalue weighted by atomic mass is 10.0. The van der Waals surface area contributed by atoms with Crippen LogP contribution in [0, 0.1) is 6.92 Å². The SMILES string of the molecule is Cc1nc2cc(C(=O)NC3CCN(C(=O)OC(C)(C)C)CC3)ccc2n1-c1ccccc1. The third-order valence-electron chi connectivity index (χ3n) is 5.58. The first-order valence-electron chi connectivity index (χ1n) is 11.0. The largest absolute Gasteiger partial charge is 0.444 e. The molecule has 0 radical (unpaired) electrons. The van der Waals surface area contributed by atoms with Crippen LogP contribution in [0.15, 0.2) is 48.5 Å². The smallest absolute Gasteiger partial charge is 0.410 e. The summed E-state index contributed by atoms with van der Waals surface area (Å²) in [6.45, 7) is 8.68. The van der Waals surface area contributed by atoms with E-state index in [9.17, 15) is 9.59 Å². The number of rotatable bonds is 3. The van der Waals surface area contributed by atoms with Crippen molar-refractivity contribution in [2.75, 3.05) is 13.1 Å². The maximum absolute atomic E-state index is 12.9. The second kappa shape index (κ2) is 8.65. The Hall–Kier alpha value is -3.35. The normalized spacial score (nSPS) is 15.1. The van der Waals surface area contributed by atoms with Gasteiger partial charge in [-0.1, -0.05) is 18.2 Å². The van der Waals surface area contributed by atoms with E-state index in [1.165, 1.54) is 0 Å². The highest BCUT2D eigenvalue weighted by molar-refractivity contribution is 5.97. The monoisotopic (exact) mass is 434 g/mol. The number of para-hydroxylation sites is 1. The Bertz CT molecular complexity index is 1120. The van der Waals surface area contributed by atoms with Crippen LogP contribution in [-0.4, -0.2) is 51.2 Å². The lowest BCUT2D eigenvalue weighted by molar-refractivity contribution is 0.0199. The van der Waals surface area contributed by atoms with Gasteiger partial charge in [0.05, 0.1) is 11.0 Å². The molecule has 0 bridgehead atoms. The van der Waals surface area contributed by atoms with E-state index in [0.29, 0.717) is 31.5 Å². The third kappa shape index (κ3) is 4.77. The van der Waals surface area contributed by atoms with E-state index in [1.807, 2.05) is 76.2 Å². The molecule has 7 nitrogen and oxygen atoms in total. The summed E-state index contributed by atoms with van der Waals surface area (Å²) in [5.74, 6) is 0.757. The predicted molar refractivity (Wildman–Crippen MR) is 124 cm³/mol. The van der Waals surface area contributed by atoms with Gasteiger partial charge in [-0.3, -0.25) is 9.36 Å². The summed E-state index contributed by atoms with van der Waals surface area (Å²) < 4.78 is 7.52. The van der Waals surface area contributed by atoms with Crippen LogP contribution in [0.3, 0.4) is 0 Å². The topological polar surface area (TPSA) is 76.5 Å². The number of likely N-dealkylation sites (tertiary alicyclic amines) is 1. The van der Waals surface area contributed by atoms with E-state index in [2.05, 4.69) is 14.9 Å². The van der Waals surface area contributed by atoms with Crippen LogP contribution in [0.5, 0.6) is 0 Å². The molecular weight excluding hydrogens is 404 g/mol. The van der Waals surface area contributed by atoms with E-state index >= 15 is 0 Å². The molecule has 1 N–H and O–H groups in total. The fraction of sp³-hybridized carbons (Fsp3) is 0.400. The number of carbonyl (C=O) groups is 2. The zero-order chi connectivity index (χ0) is 22.9. The van der Waals surface area contributed by atoms with Crippen molar-refractivity contribution in [1.82, 2.24) is 19.8 Å². The highest BCUT2D eigenvalue weighted by atomic mass is 16.6. The number of nitrogens with one attached hydrogen (secondary N) is 1. The average Bonchev–Trinajstić information content (AvgIpc) is 3.08. The fourth-order valence-electron chi connectivity index (χ4n) is 4.05. The van der Waals surface area contributed by atoms with Crippen LogP contribution < -0.4 is 5.32 Å². The van der Waals surface area contributed by atoms with Crippen LogP contribution in [0.25, 0.3) is 16.7 Å². The summed E-state index contributed by atoms with van der Waals surface area (Å²) in [5, 5.41) is 3.11. The quantitative estimate of drug-likeness (QED) is 0.660. The van der Waals surface area contributed by atoms with Gasteiger partial charge in [-0.05, 0) is 70.9 Å². The standard InChI is InChI=1S/C25H30N4O3/c1-17-26-21-16-18(10-11-22(21)29(17)20-8-6-5-7-9-20)23(30)27-19-12-14-28(15-13-19)24(31)32-25(2,3)4/h5-11,16,19H,12-15H2,1-4H3,(H,27,30). The number of piperidine rings is 1. The molecule has 0 unspecified atom stereocenters. The van der Waals surface area contributed by atoms with Gasteiger partial charge in [0.2, 0.25) is 0 Å². The first-order chi connectivity index (χ1) is 15.2. The molecule has 1 aromatic heterocycles. The van der Waals surface area contributed by atoms with Gasteiger partial charge in [-0.25, -0.2) is 9.78 Å². The maximum atomic E-state index is 12.9.